The molecular formula is C20H25N3O2. The number of amides is 1. The number of H-pyrrole nitrogens is 1. The van der Waals surface area contributed by atoms with Gasteiger partial charge in [-0.1, -0.05) is 49.4 Å². The Hall–Kier alpha value is -2.69. The van der Waals surface area contributed by atoms with Gasteiger partial charge in [0.05, 0.1) is 6.42 Å². The molecule has 0 fully saturated rings. The normalized spacial score (nSPS) is 11.0. The fraction of sp³-hybridized carbons (Fsp3) is 0.350. The van der Waals surface area contributed by atoms with E-state index in [1.54, 1.807) is 18.7 Å². The van der Waals surface area contributed by atoms with Gasteiger partial charge in [-0.05, 0) is 25.8 Å². The maximum atomic E-state index is 12.6. The molecule has 0 aliphatic rings. The van der Waals surface area contributed by atoms with E-state index in [1.807, 2.05) is 49.4 Å². The van der Waals surface area contributed by atoms with Crippen LogP contribution in [-0.2, 0) is 11.2 Å². The molecule has 1 heterocycles. The van der Waals surface area contributed by atoms with Gasteiger partial charge in [0.15, 0.2) is 0 Å². The van der Waals surface area contributed by atoms with Crippen LogP contribution in [0.25, 0.3) is 6.08 Å². The van der Waals surface area contributed by atoms with Crippen LogP contribution in [-0.4, -0.2) is 33.9 Å². The van der Waals surface area contributed by atoms with E-state index in [1.165, 1.54) is 0 Å². The maximum Gasteiger partial charge on any atom is 0.254 e. The van der Waals surface area contributed by atoms with E-state index in [9.17, 15) is 9.59 Å². The third-order valence-electron chi connectivity index (χ3n) is 3.95. The van der Waals surface area contributed by atoms with Gasteiger partial charge in [0.1, 0.15) is 5.82 Å². The molecule has 0 aliphatic carbocycles. The van der Waals surface area contributed by atoms with Gasteiger partial charge in [-0.15, -0.1) is 0 Å². The summed E-state index contributed by atoms with van der Waals surface area (Å²) in [6, 6.07) is 9.97. The molecule has 1 aromatic heterocycles. The lowest BCUT2D eigenvalue weighted by atomic mass is 10.1. The molecule has 0 aliphatic heterocycles. The van der Waals surface area contributed by atoms with Gasteiger partial charge >= 0.3 is 0 Å². The third-order valence-corrected chi connectivity index (χ3v) is 3.95. The summed E-state index contributed by atoms with van der Waals surface area (Å²) >= 11 is 0. The van der Waals surface area contributed by atoms with Gasteiger partial charge in [0.2, 0.25) is 5.91 Å². The van der Waals surface area contributed by atoms with Crippen LogP contribution in [0.4, 0.5) is 0 Å². The summed E-state index contributed by atoms with van der Waals surface area (Å²) in [5.41, 5.74) is 1.94. The average molecular weight is 339 g/mol. The predicted molar refractivity (Wildman–Crippen MR) is 100 cm³/mol. The van der Waals surface area contributed by atoms with E-state index in [0.29, 0.717) is 30.2 Å². The Balaban J connectivity index is 2.08. The highest BCUT2D eigenvalue weighted by Gasteiger charge is 2.16. The summed E-state index contributed by atoms with van der Waals surface area (Å²) in [5, 5.41) is 0. The second-order valence-electron chi connectivity index (χ2n) is 6.04. The van der Waals surface area contributed by atoms with E-state index in [0.717, 1.165) is 12.0 Å². The number of rotatable bonds is 7. The first-order valence-corrected chi connectivity index (χ1v) is 8.57. The van der Waals surface area contributed by atoms with Crippen LogP contribution >= 0.6 is 0 Å². The number of nitrogens with one attached hydrogen (secondary N) is 1. The number of carbonyl (C=O) groups is 1. The van der Waals surface area contributed by atoms with Gasteiger partial charge in [0, 0.05) is 24.3 Å². The van der Waals surface area contributed by atoms with Gasteiger partial charge in [-0.2, -0.15) is 0 Å². The fourth-order valence-corrected chi connectivity index (χ4v) is 2.69. The van der Waals surface area contributed by atoms with Gasteiger partial charge in [-0.3, -0.25) is 9.59 Å². The first-order valence-electron chi connectivity index (χ1n) is 8.57. The highest BCUT2D eigenvalue weighted by atomic mass is 16.2. The molecule has 0 atom stereocenters. The summed E-state index contributed by atoms with van der Waals surface area (Å²) < 4.78 is 0. The maximum absolute atomic E-state index is 12.6. The predicted octanol–water partition coefficient (Wildman–Crippen LogP) is 2.88. The number of nitrogens with zero attached hydrogens (tertiary/aromatic N) is 2. The van der Waals surface area contributed by atoms with Crippen molar-refractivity contribution in [3.8, 4) is 0 Å². The molecule has 0 spiro atoms. The van der Waals surface area contributed by atoms with Crippen LogP contribution < -0.4 is 5.56 Å². The van der Waals surface area contributed by atoms with Crippen molar-refractivity contribution >= 4 is 12.0 Å². The molecule has 1 amide bonds. The van der Waals surface area contributed by atoms with Crippen molar-refractivity contribution in [2.75, 3.05) is 13.1 Å². The molecule has 5 heteroatoms. The van der Waals surface area contributed by atoms with Crippen molar-refractivity contribution in [3.63, 3.8) is 0 Å². The molecule has 0 saturated carbocycles. The van der Waals surface area contributed by atoms with E-state index in [4.69, 9.17) is 0 Å². The van der Waals surface area contributed by atoms with Crippen LogP contribution in [0.1, 0.15) is 36.0 Å². The van der Waals surface area contributed by atoms with Gasteiger partial charge < -0.3 is 9.88 Å². The smallest absolute Gasteiger partial charge is 0.254 e. The Morgan fingerprint density at radius 3 is 2.60 bits per heavy atom. The summed E-state index contributed by atoms with van der Waals surface area (Å²) in [6.07, 6.45) is 4.93. The lowest BCUT2D eigenvalue weighted by molar-refractivity contribution is -0.130. The number of hydrogen-bond acceptors (Lipinski definition) is 3. The Kier molecular flexibility index (Phi) is 6.69. The average Bonchev–Trinajstić information content (AvgIpc) is 2.58. The number of benzene rings is 1. The minimum Gasteiger partial charge on any atom is -0.339 e. The zero-order valence-corrected chi connectivity index (χ0v) is 15.1. The minimum absolute atomic E-state index is 0.0567. The summed E-state index contributed by atoms with van der Waals surface area (Å²) in [5.74, 6) is 0.508. The zero-order valence-electron chi connectivity index (χ0n) is 15.1. The molecular weight excluding hydrogens is 314 g/mol. The van der Waals surface area contributed by atoms with E-state index in [-0.39, 0.29) is 17.9 Å². The van der Waals surface area contributed by atoms with Crippen LogP contribution in [0.5, 0.6) is 0 Å². The number of aromatic amines is 1. The quantitative estimate of drug-likeness (QED) is 0.843. The van der Waals surface area contributed by atoms with Crippen LogP contribution in [0.15, 0.2) is 41.2 Å². The van der Waals surface area contributed by atoms with E-state index in [2.05, 4.69) is 9.97 Å². The highest BCUT2D eigenvalue weighted by molar-refractivity contribution is 5.79. The summed E-state index contributed by atoms with van der Waals surface area (Å²) in [6.45, 7) is 6.72. The molecule has 2 aromatic rings. The second-order valence-corrected chi connectivity index (χ2v) is 6.04. The zero-order chi connectivity index (χ0) is 18.2. The summed E-state index contributed by atoms with van der Waals surface area (Å²) in [7, 11) is 0. The Morgan fingerprint density at radius 1 is 1.24 bits per heavy atom. The molecule has 0 unspecified atom stereocenters. The fourth-order valence-electron chi connectivity index (χ4n) is 2.69. The number of aryl methyl sites for hydroxylation is 2. The van der Waals surface area contributed by atoms with Crippen molar-refractivity contribution in [1.29, 1.82) is 0 Å². The van der Waals surface area contributed by atoms with Crippen molar-refractivity contribution in [1.82, 2.24) is 14.9 Å². The van der Waals surface area contributed by atoms with Crippen LogP contribution in [0.3, 0.4) is 0 Å². The Morgan fingerprint density at radius 2 is 1.96 bits per heavy atom. The van der Waals surface area contributed by atoms with Crippen molar-refractivity contribution in [2.24, 2.45) is 0 Å². The number of carbonyl (C=O) groups excluding carboxylic acids is 1. The van der Waals surface area contributed by atoms with Crippen LogP contribution in [0.2, 0.25) is 0 Å². The SMILES string of the molecule is CCCN(CC=Cc1ccccc1)C(=O)Cc1c(C)nc(C)[nH]c1=O. The highest BCUT2D eigenvalue weighted by Crippen LogP contribution is 2.06. The first kappa shape index (κ1) is 18.6. The van der Waals surface area contributed by atoms with Gasteiger partial charge in [-0.25, -0.2) is 4.98 Å². The molecule has 0 saturated heterocycles. The van der Waals surface area contributed by atoms with Crippen LogP contribution in [0, 0.1) is 13.8 Å². The molecule has 1 aromatic carbocycles. The summed E-state index contributed by atoms with van der Waals surface area (Å²) in [4.78, 5) is 33.4. The van der Waals surface area contributed by atoms with E-state index < -0.39 is 0 Å². The Labute approximate surface area is 148 Å². The molecule has 132 valence electrons. The van der Waals surface area contributed by atoms with Crippen molar-refractivity contribution in [2.45, 2.75) is 33.6 Å². The third kappa shape index (κ3) is 5.41. The Bertz CT molecular complexity index is 794. The molecule has 25 heavy (non-hydrogen) atoms. The topological polar surface area (TPSA) is 66.1 Å². The lowest BCUT2D eigenvalue weighted by Gasteiger charge is -2.20. The molecule has 5 nitrogen and oxygen atoms in total. The first-order chi connectivity index (χ1) is 12.0. The van der Waals surface area contributed by atoms with E-state index >= 15 is 0 Å². The minimum atomic E-state index is -0.227. The lowest BCUT2D eigenvalue weighted by Crippen LogP contribution is -2.35. The van der Waals surface area contributed by atoms with Crippen molar-refractivity contribution in [3.05, 3.63) is 69.4 Å². The largest absolute Gasteiger partial charge is 0.339 e. The number of aromatic nitrogens is 2. The molecule has 0 bridgehead atoms. The van der Waals surface area contributed by atoms with Crippen molar-refractivity contribution < 1.29 is 4.79 Å². The molecule has 0 radical (unpaired) electrons. The standard InChI is InChI=1S/C20H25N3O2/c1-4-12-23(13-8-11-17-9-6-5-7-10-17)19(24)14-18-15(2)21-16(3)22-20(18)25/h5-11H,4,12-14H2,1-3H3,(H,21,22,25). The molecule has 2 rings (SSSR count). The monoisotopic (exact) mass is 339 g/mol. The second kappa shape index (κ2) is 8.97. The number of hydrogen-bond donors (Lipinski definition) is 1. The van der Waals surface area contributed by atoms with Gasteiger partial charge in [0.25, 0.3) is 5.56 Å². The molecule has 1 N–H and O–H groups in total.